The molecule has 0 bridgehead atoms. The van der Waals surface area contributed by atoms with Crippen LogP contribution < -0.4 is 15.4 Å². The Morgan fingerprint density at radius 2 is 1.97 bits per heavy atom. The zero-order valence-corrected chi connectivity index (χ0v) is 18.1. The minimum Gasteiger partial charge on any atom is -0.494 e. The van der Waals surface area contributed by atoms with Gasteiger partial charge in [0, 0.05) is 18.7 Å². The van der Waals surface area contributed by atoms with Gasteiger partial charge in [-0.25, -0.2) is 8.78 Å². The van der Waals surface area contributed by atoms with E-state index in [9.17, 15) is 31.9 Å². The molecule has 6 nitrogen and oxygen atoms in total. The van der Waals surface area contributed by atoms with Crippen LogP contribution in [0.4, 0.5) is 22.0 Å². The number of halogens is 6. The Morgan fingerprint density at radius 1 is 1.27 bits per heavy atom. The van der Waals surface area contributed by atoms with Gasteiger partial charge in [0.15, 0.2) is 11.6 Å². The zero-order chi connectivity index (χ0) is 24.6. The Kier molecular flexibility index (Phi) is 7.06. The van der Waals surface area contributed by atoms with Crippen molar-refractivity contribution in [2.24, 2.45) is 5.92 Å². The van der Waals surface area contributed by atoms with E-state index >= 15 is 0 Å². The van der Waals surface area contributed by atoms with Gasteiger partial charge in [0.2, 0.25) is 11.5 Å². The summed E-state index contributed by atoms with van der Waals surface area (Å²) in [6.07, 6.45) is -0.736. The zero-order valence-electron chi connectivity index (χ0n) is 17.3. The van der Waals surface area contributed by atoms with E-state index < -0.39 is 64.5 Å². The number of nitrogens with one attached hydrogen (secondary N) is 2. The normalized spacial score (nSPS) is 23.0. The smallest absolute Gasteiger partial charge is 0.421 e. The Bertz CT molecular complexity index is 1030. The number of carbonyl (C=O) groups excluding carboxylic acids is 1. The second-order valence-corrected chi connectivity index (χ2v) is 7.87. The molecule has 33 heavy (non-hydrogen) atoms. The fraction of sp³-hybridized carbons (Fsp3) is 0.381. The third-order valence-electron chi connectivity index (χ3n) is 5.39. The van der Waals surface area contributed by atoms with Crippen molar-refractivity contribution in [1.29, 1.82) is 0 Å². The van der Waals surface area contributed by atoms with Crippen molar-refractivity contribution >= 4 is 17.5 Å². The number of rotatable bonds is 7. The van der Waals surface area contributed by atoms with Crippen molar-refractivity contribution in [2.45, 2.75) is 23.9 Å². The maximum absolute atomic E-state index is 14.6. The molecule has 0 saturated heterocycles. The van der Waals surface area contributed by atoms with Crippen molar-refractivity contribution in [3.05, 3.63) is 64.4 Å². The Balaban J connectivity index is 2.16. The molecule has 1 heterocycles. The molecule has 1 aliphatic heterocycles. The molecule has 2 aliphatic rings. The van der Waals surface area contributed by atoms with E-state index in [-0.39, 0.29) is 11.4 Å². The quantitative estimate of drug-likeness (QED) is 0.506. The molecule has 1 aromatic rings. The number of carbonyl (C=O) groups is 1. The maximum atomic E-state index is 14.6. The molecule has 3 N–H and O–H groups in total. The molecule has 0 saturated carbocycles. The number of ether oxygens (including phenoxy) is 2. The third kappa shape index (κ3) is 4.71. The first kappa shape index (κ1) is 25.0. The highest BCUT2D eigenvalue weighted by atomic mass is 35.5. The summed E-state index contributed by atoms with van der Waals surface area (Å²) in [5.41, 5.74) is -4.18. The average molecular weight is 495 g/mol. The first-order valence-corrected chi connectivity index (χ1v) is 9.94. The van der Waals surface area contributed by atoms with E-state index in [0.29, 0.717) is 0 Å². The number of amides is 1. The van der Waals surface area contributed by atoms with Crippen LogP contribution in [0.15, 0.2) is 48.0 Å². The van der Waals surface area contributed by atoms with Crippen LogP contribution in [-0.4, -0.2) is 49.7 Å². The largest absolute Gasteiger partial charge is 0.494 e. The lowest BCUT2D eigenvalue weighted by Crippen LogP contribution is -2.58. The summed E-state index contributed by atoms with van der Waals surface area (Å²) in [6.45, 7) is -1.25. The second kappa shape index (κ2) is 9.32. The molecular formula is C21H20ClF5N2O4. The standard InChI is InChI=1S/C21H20ClF5N2O4/c1-32-9-20(31,21(25,26)27)19(12-3-5-15(33-2)18(24)17(12)22)29-14-8-10(23)7-13-11(14)4-6-16(30)28-13/h3-8,11,13,19,29,31H,9H2,1-2H3,(H,28,30)/t11?,13?,19-,20+/m0/s1. The summed E-state index contributed by atoms with van der Waals surface area (Å²) in [5.74, 6) is -3.59. The molecule has 0 spiro atoms. The first-order valence-electron chi connectivity index (χ1n) is 9.57. The fourth-order valence-corrected chi connectivity index (χ4v) is 4.02. The third-order valence-corrected chi connectivity index (χ3v) is 5.78. The van der Waals surface area contributed by atoms with Gasteiger partial charge in [-0.15, -0.1) is 0 Å². The van der Waals surface area contributed by atoms with Crippen LogP contribution in [0.3, 0.4) is 0 Å². The number of fused-ring (bicyclic) bond motifs is 1. The van der Waals surface area contributed by atoms with Gasteiger partial charge in [-0.05, 0) is 29.9 Å². The monoisotopic (exact) mass is 494 g/mol. The molecule has 3 rings (SSSR count). The van der Waals surface area contributed by atoms with E-state index in [1.807, 2.05) is 0 Å². The Morgan fingerprint density at radius 3 is 2.58 bits per heavy atom. The number of allylic oxidation sites excluding steroid dienone is 2. The van der Waals surface area contributed by atoms with Crippen molar-refractivity contribution in [3.63, 3.8) is 0 Å². The molecule has 2 unspecified atom stereocenters. The van der Waals surface area contributed by atoms with Crippen LogP contribution in [0.1, 0.15) is 11.6 Å². The number of hydrogen-bond acceptors (Lipinski definition) is 5. The fourth-order valence-electron chi connectivity index (χ4n) is 3.75. The molecular weight excluding hydrogens is 475 g/mol. The van der Waals surface area contributed by atoms with Crippen LogP contribution >= 0.6 is 11.6 Å². The summed E-state index contributed by atoms with van der Waals surface area (Å²) in [5, 5.41) is 15.0. The minimum atomic E-state index is -5.28. The van der Waals surface area contributed by atoms with Crippen molar-refractivity contribution in [1.82, 2.24) is 10.6 Å². The molecule has 180 valence electrons. The Labute approximate surface area is 190 Å². The molecule has 0 aromatic heterocycles. The van der Waals surface area contributed by atoms with Crippen LogP contribution in [0.25, 0.3) is 0 Å². The van der Waals surface area contributed by atoms with Crippen LogP contribution in [0, 0.1) is 11.7 Å². The number of alkyl halides is 3. The molecule has 1 amide bonds. The van der Waals surface area contributed by atoms with Crippen LogP contribution in [0.5, 0.6) is 5.75 Å². The minimum absolute atomic E-state index is 0.104. The van der Waals surface area contributed by atoms with Crippen LogP contribution in [-0.2, 0) is 9.53 Å². The molecule has 1 aromatic carbocycles. The SMILES string of the molecule is COC[C@@](O)([C@@H](NC1=CC(F)=CC2NC(=O)C=CC12)c1ccc(OC)c(F)c1Cl)C(F)(F)F. The van der Waals surface area contributed by atoms with Gasteiger partial charge in [0.05, 0.1) is 30.8 Å². The van der Waals surface area contributed by atoms with Gasteiger partial charge in [-0.2, -0.15) is 13.2 Å². The van der Waals surface area contributed by atoms with Crippen molar-refractivity contribution in [3.8, 4) is 5.75 Å². The highest BCUT2D eigenvalue weighted by molar-refractivity contribution is 6.31. The van der Waals surface area contributed by atoms with E-state index in [2.05, 4.69) is 15.4 Å². The second-order valence-electron chi connectivity index (χ2n) is 7.49. The number of hydrogen-bond donors (Lipinski definition) is 3. The number of benzene rings is 1. The summed E-state index contributed by atoms with van der Waals surface area (Å²) >= 11 is 6.04. The summed E-state index contributed by atoms with van der Waals surface area (Å²) in [7, 11) is 2.09. The highest BCUT2D eigenvalue weighted by Gasteiger charge is 2.60. The molecule has 12 heteroatoms. The summed E-state index contributed by atoms with van der Waals surface area (Å²) in [6, 6.07) is -0.914. The highest BCUT2D eigenvalue weighted by Crippen LogP contribution is 2.45. The van der Waals surface area contributed by atoms with E-state index in [1.165, 1.54) is 6.08 Å². The van der Waals surface area contributed by atoms with Gasteiger partial charge in [0.1, 0.15) is 5.83 Å². The molecule has 4 atom stereocenters. The lowest BCUT2D eigenvalue weighted by molar-refractivity contribution is -0.284. The van der Waals surface area contributed by atoms with Crippen molar-refractivity contribution < 1.29 is 41.3 Å². The van der Waals surface area contributed by atoms with Crippen LogP contribution in [0.2, 0.25) is 5.02 Å². The first-order chi connectivity index (χ1) is 15.4. The van der Waals surface area contributed by atoms with E-state index in [0.717, 1.165) is 44.6 Å². The Hall–Kier alpha value is -2.63. The lowest BCUT2D eigenvalue weighted by atomic mass is 9.84. The summed E-state index contributed by atoms with van der Waals surface area (Å²) in [4.78, 5) is 11.6. The predicted octanol–water partition coefficient (Wildman–Crippen LogP) is 3.48. The topological polar surface area (TPSA) is 79.8 Å². The summed E-state index contributed by atoms with van der Waals surface area (Å²) < 4.78 is 80.7. The van der Waals surface area contributed by atoms with E-state index in [4.69, 9.17) is 16.3 Å². The van der Waals surface area contributed by atoms with Gasteiger partial charge in [0.25, 0.3) is 0 Å². The van der Waals surface area contributed by atoms with Gasteiger partial charge < -0.3 is 25.2 Å². The molecule has 1 aliphatic carbocycles. The van der Waals surface area contributed by atoms with Gasteiger partial charge in [-0.1, -0.05) is 23.7 Å². The molecule has 0 fully saturated rings. The van der Waals surface area contributed by atoms with Gasteiger partial charge in [-0.3, -0.25) is 4.79 Å². The lowest BCUT2D eigenvalue weighted by Gasteiger charge is -2.41. The van der Waals surface area contributed by atoms with Gasteiger partial charge >= 0.3 is 6.18 Å². The molecule has 0 radical (unpaired) electrons. The predicted molar refractivity (Wildman–Crippen MR) is 109 cm³/mol. The van der Waals surface area contributed by atoms with E-state index in [1.54, 1.807) is 0 Å². The number of aliphatic hydroxyl groups is 1. The average Bonchev–Trinajstić information content (AvgIpc) is 2.73. The van der Waals surface area contributed by atoms with Crippen molar-refractivity contribution in [2.75, 3.05) is 20.8 Å². The maximum Gasteiger partial charge on any atom is 0.421 e. The number of methoxy groups -OCH3 is 2.